The molecule has 0 saturated heterocycles. The molecule has 6 amide bonds. The van der Waals surface area contributed by atoms with E-state index >= 15 is 0 Å². The molecule has 2 unspecified atom stereocenters. The second-order valence-corrected chi connectivity index (χ2v) is 16.0. The lowest BCUT2D eigenvalue weighted by Crippen LogP contribution is -2.44. The number of nitrogen functional groups attached to an aromatic ring is 2. The fourth-order valence-electron chi connectivity index (χ4n) is 6.53. The van der Waals surface area contributed by atoms with Gasteiger partial charge in [-0.1, -0.05) is 26.7 Å². The number of hydrogen-bond acceptors (Lipinski definition) is 21. The summed E-state index contributed by atoms with van der Waals surface area (Å²) in [7, 11) is 4.05. The monoisotopic (exact) mass is 1040 g/mol. The van der Waals surface area contributed by atoms with Crippen LogP contribution >= 0.6 is 0 Å². The number of hydrogen-bond donors (Lipinski definition) is 12. The smallest absolute Gasteiger partial charge is 0.253 e. The van der Waals surface area contributed by atoms with E-state index in [1.807, 2.05) is 0 Å². The SMILES string of the molecule is CCC.CNCC(=O)NC(C)C(=O)Nc1ccc(C(=O)NCCCC(C=O)NC(=O)c2ccc(NCc3cnc4nc(N)nc(N)c4n3)c(OC)c2)c(/C(N)=N/NN)c1.CO.O=CCCCCCN1C(=O)C=CC1=O. The number of ether oxygens (including phenoxy) is 1. The maximum absolute atomic E-state index is 13.2. The number of fused-ring (bicyclic) bond motifs is 1. The van der Waals surface area contributed by atoms with Crippen LogP contribution in [-0.4, -0.2) is 137 Å². The summed E-state index contributed by atoms with van der Waals surface area (Å²) in [6, 6.07) is 7.38. The van der Waals surface area contributed by atoms with Crippen LogP contribution in [0.15, 0.2) is 59.8 Å². The molecule has 2 atom stereocenters. The van der Waals surface area contributed by atoms with Crippen molar-refractivity contribution >= 4 is 88.2 Å². The van der Waals surface area contributed by atoms with Gasteiger partial charge in [-0.05, 0) is 76.1 Å². The maximum atomic E-state index is 13.2. The minimum Gasteiger partial charge on any atom is -0.495 e. The number of aromatic nitrogens is 4. The normalized spacial score (nSPS) is 12.3. The molecule has 75 heavy (non-hydrogen) atoms. The van der Waals surface area contributed by atoms with E-state index in [1.165, 1.54) is 68.0 Å². The molecule has 0 radical (unpaired) electrons. The van der Waals surface area contributed by atoms with Gasteiger partial charge in [-0.25, -0.2) is 21.3 Å². The van der Waals surface area contributed by atoms with Gasteiger partial charge in [0, 0.05) is 55.6 Å². The average Bonchev–Trinajstić information content (AvgIpc) is 3.72. The zero-order valence-corrected chi connectivity index (χ0v) is 42.9. The Morgan fingerprint density at radius 3 is 2.25 bits per heavy atom. The summed E-state index contributed by atoms with van der Waals surface area (Å²) in [5, 5.41) is 27.3. The Labute approximate surface area is 433 Å². The van der Waals surface area contributed by atoms with E-state index in [0.29, 0.717) is 48.3 Å². The average molecular weight is 1040 g/mol. The summed E-state index contributed by atoms with van der Waals surface area (Å²) in [5.74, 6) is 3.24. The van der Waals surface area contributed by atoms with Crippen molar-refractivity contribution in [3.05, 3.63) is 77.1 Å². The van der Waals surface area contributed by atoms with E-state index in [0.717, 1.165) is 32.7 Å². The lowest BCUT2D eigenvalue weighted by molar-refractivity contribution is -0.137. The van der Waals surface area contributed by atoms with Crippen molar-refractivity contribution in [3.63, 3.8) is 0 Å². The highest BCUT2D eigenvalue weighted by atomic mass is 16.5. The molecule has 1 aliphatic rings. The topological polar surface area (TPSA) is 421 Å². The first kappa shape index (κ1) is 62.4. The number of amidine groups is 1. The van der Waals surface area contributed by atoms with Crippen molar-refractivity contribution in [1.29, 1.82) is 0 Å². The lowest BCUT2D eigenvalue weighted by atomic mass is 10.0. The van der Waals surface area contributed by atoms with Crippen LogP contribution in [-0.2, 0) is 35.3 Å². The van der Waals surface area contributed by atoms with Crippen LogP contribution in [0.25, 0.3) is 11.2 Å². The third-order valence-electron chi connectivity index (χ3n) is 10.1. The number of unbranched alkanes of at least 4 members (excludes halogenated alkanes) is 3. The van der Waals surface area contributed by atoms with Crippen LogP contribution in [0.5, 0.6) is 5.75 Å². The summed E-state index contributed by atoms with van der Waals surface area (Å²) in [4.78, 5) is 113. The van der Waals surface area contributed by atoms with Crippen LogP contribution in [0.1, 0.15) is 97.7 Å². The Bertz CT molecular complexity index is 2610. The number of nitrogens with two attached hydrogens (primary N) is 4. The molecule has 5 rings (SSSR count). The highest BCUT2D eigenvalue weighted by Gasteiger charge is 2.23. The highest BCUT2D eigenvalue weighted by molar-refractivity contribution is 6.13. The van der Waals surface area contributed by atoms with Crippen LogP contribution in [0.3, 0.4) is 0 Å². The molecule has 27 nitrogen and oxygen atoms in total. The fraction of sp³-hybridized carbons (Fsp3) is 0.396. The van der Waals surface area contributed by atoms with E-state index in [-0.39, 0.29) is 89.4 Å². The second kappa shape index (κ2) is 33.9. The van der Waals surface area contributed by atoms with Gasteiger partial charge in [-0.3, -0.25) is 33.7 Å². The molecule has 406 valence electrons. The van der Waals surface area contributed by atoms with E-state index < -0.39 is 29.8 Å². The van der Waals surface area contributed by atoms with E-state index in [9.17, 15) is 38.4 Å². The molecule has 2 aromatic carbocycles. The van der Waals surface area contributed by atoms with Gasteiger partial charge in [-0.15, -0.1) is 5.10 Å². The van der Waals surface area contributed by atoms with E-state index in [1.54, 1.807) is 19.2 Å². The van der Waals surface area contributed by atoms with Gasteiger partial charge >= 0.3 is 0 Å². The number of anilines is 4. The number of hydrazine groups is 1. The predicted octanol–water partition coefficient (Wildman–Crippen LogP) is 0.154. The Hall–Kier alpha value is -8.69. The van der Waals surface area contributed by atoms with Crippen molar-refractivity contribution in [3.8, 4) is 5.75 Å². The second-order valence-electron chi connectivity index (χ2n) is 16.0. The van der Waals surface area contributed by atoms with Crippen molar-refractivity contribution < 1.29 is 48.2 Å². The molecule has 16 N–H and O–H groups in total. The van der Waals surface area contributed by atoms with Gasteiger partial charge in [0.15, 0.2) is 22.8 Å². The largest absolute Gasteiger partial charge is 0.495 e. The minimum atomic E-state index is -0.858. The van der Waals surface area contributed by atoms with Crippen molar-refractivity contribution in [2.24, 2.45) is 16.7 Å². The third kappa shape index (κ3) is 20.8. The molecule has 1 aliphatic heterocycles. The zero-order valence-electron chi connectivity index (χ0n) is 42.9. The van der Waals surface area contributed by atoms with Crippen molar-refractivity contribution in [1.82, 2.24) is 51.6 Å². The number of methoxy groups -OCH3 is 1. The molecule has 0 aliphatic carbocycles. The quantitative estimate of drug-likeness (QED) is 0.00799. The molecular weight excluding hydrogens is 975 g/mol. The first-order valence-electron chi connectivity index (χ1n) is 23.6. The van der Waals surface area contributed by atoms with Crippen LogP contribution in [0.2, 0.25) is 0 Å². The number of carbonyl (C=O) groups is 8. The van der Waals surface area contributed by atoms with Crippen molar-refractivity contribution in [2.75, 3.05) is 63.0 Å². The number of aliphatic hydroxyl groups is 1. The number of aliphatic hydroxyl groups excluding tert-OH is 1. The zero-order chi connectivity index (χ0) is 55.9. The summed E-state index contributed by atoms with van der Waals surface area (Å²) in [5.41, 5.74) is 22.1. The predicted molar refractivity (Wildman–Crippen MR) is 282 cm³/mol. The molecule has 0 saturated carbocycles. The number of amides is 6. The van der Waals surface area contributed by atoms with Crippen LogP contribution in [0, 0.1) is 0 Å². The standard InChI is InChI=1S/C34H44N16O6.C10H13NO3.C3H8.CH4O/c1-17(43-26(52)15-39-2)31(53)45-19-7-8-22(23(12-19)28(35)49-50-38)33(55)40-10-4-5-20(16-51)46-32(54)18-6-9-24(25(11-18)56-3)41-13-21-14-42-30-27(44-21)29(36)47-34(37)48-30;12-8-4-2-1-3-7-11-9(13)5-6-10(11)14;1-3-2;1-2/h6-9,11-12,14,16-17,20,39,41,50H,4-5,10,13,15,38H2,1-3H3,(H2,35,49)(H,40,55)(H,43,52)(H,45,53)(H,46,54)(H4,36,37,42,47,48);5-6,8H,1-4,7H2;3H2,1-2H3;2H,1H3. The minimum absolute atomic E-state index is 0.00721. The Morgan fingerprint density at radius 2 is 1.61 bits per heavy atom. The molecule has 3 heterocycles. The molecular formula is C48H69N17O10. The molecule has 0 bridgehead atoms. The van der Waals surface area contributed by atoms with Gasteiger partial charge in [0.1, 0.15) is 24.4 Å². The number of hydrazone groups is 1. The lowest BCUT2D eigenvalue weighted by Gasteiger charge is -2.16. The van der Waals surface area contributed by atoms with Crippen molar-refractivity contribution in [2.45, 2.75) is 84.3 Å². The number of likely N-dealkylation sites (N-methyl/N-ethyl adjacent to an activating group) is 1. The number of carbonyl (C=O) groups excluding carboxylic acids is 8. The number of imide groups is 1. The molecule has 0 spiro atoms. The summed E-state index contributed by atoms with van der Waals surface area (Å²) in [6.07, 6.45) is 10.4. The van der Waals surface area contributed by atoms with Gasteiger partial charge in [0.2, 0.25) is 17.8 Å². The first-order valence-corrected chi connectivity index (χ1v) is 23.6. The Morgan fingerprint density at radius 1 is 0.907 bits per heavy atom. The van der Waals surface area contributed by atoms with Gasteiger partial charge in [0.25, 0.3) is 23.6 Å². The highest BCUT2D eigenvalue weighted by Crippen LogP contribution is 2.27. The van der Waals surface area contributed by atoms with E-state index in [4.69, 9.17) is 32.9 Å². The fourth-order valence-corrected chi connectivity index (χ4v) is 6.53. The Balaban J connectivity index is 0.000000855. The maximum Gasteiger partial charge on any atom is 0.253 e. The number of aldehydes is 2. The molecule has 4 aromatic rings. The van der Waals surface area contributed by atoms with Crippen LogP contribution in [0.4, 0.5) is 23.1 Å². The van der Waals surface area contributed by atoms with Crippen LogP contribution < -0.4 is 65.2 Å². The summed E-state index contributed by atoms with van der Waals surface area (Å²) >= 11 is 0. The number of nitrogens with one attached hydrogen (secondary N) is 7. The molecule has 2 aromatic heterocycles. The molecule has 0 fully saturated rings. The van der Waals surface area contributed by atoms with Gasteiger partial charge < -0.3 is 68.5 Å². The first-order chi connectivity index (χ1) is 36.0. The third-order valence-corrected chi connectivity index (χ3v) is 10.1. The summed E-state index contributed by atoms with van der Waals surface area (Å²) < 4.78 is 5.48. The van der Waals surface area contributed by atoms with Gasteiger partial charge in [0.05, 0.1) is 49.4 Å². The summed E-state index contributed by atoms with van der Waals surface area (Å²) in [6.45, 7) is 6.63. The number of benzene rings is 2. The molecule has 27 heteroatoms. The van der Waals surface area contributed by atoms with E-state index in [2.05, 4.69) is 76.3 Å². The van der Waals surface area contributed by atoms with Gasteiger partial charge in [-0.2, -0.15) is 9.97 Å². The number of rotatable bonds is 25. The number of nitrogens with zero attached hydrogens (tertiary/aromatic N) is 6. The Kier molecular flexibility index (Phi) is 28.2.